The van der Waals surface area contributed by atoms with Crippen LogP contribution in [0.3, 0.4) is 0 Å². The second-order valence-electron chi connectivity index (χ2n) is 5.41. The summed E-state index contributed by atoms with van der Waals surface area (Å²) in [6.07, 6.45) is 3.73. The predicted molar refractivity (Wildman–Crippen MR) is 94.2 cm³/mol. The van der Waals surface area contributed by atoms with E-state index in [-0.39, 0.29) is 0 Å². The lowest BCUT2D eigenvalue weighted by atomic mass is 10.2. The number of rotatable bonds is 6. The second-order valence-corrected chi connectivity index (χ2v) is 7.75. The van der Waals surface area contributed by atoms with E-state index in [1.54, 1.807) is 0 Å². The summed E-state index contributed by atoms with van der Waals surface area (Å²) in [5.74, 6) is 0.684. The fourth-order valence-electron chi connectivity index (χ4n) is 2.30. The van der Waals surface area contributed by atoms with Crippen molar-refractivity contribution in [2.45, 2.75) is 38.6 Å². The molecule has 0 spiro atoms. The van der Waals surface area contributed by atoms with Crippen LogP contribution in [0.5, 0.6) is 0 Å². The van der Waals surface area contributed by atoms with Crippen molar-refractivity contribution in [1.29, 1.82) is 0 Å². The average Bonchev–Trinajstić information content (AvgIpc) is 3.23. The van der Waals surface area contributed by atoms with Gasteiger partial charge in [-0.05, 0) is 53.9 Å². The SMILES string of the molecule is CCCNCc1sc(-c2ccc(Cl)c(Br)c2)nc1C1CC1. The van der Waals surface area contributed by atoms with Crippen LogP contribution in [0.1, 0.15) is 42.7 Å². The van der Waals surface area contributed by atoms with Crippen molar-refractivity contribution in [3.63, 3.8) is 0 Å². The number of thiazole rings is 1. The highest BCUT2D eigenvalue weighted by Gasteiger charge is 2.29. The number of benzene rings is 1. The second kappa shape index (κ2) is 6.78. The van der Waals surface area contributed by atoms with E-state index < -0.39 is 0 Å². The number of hydrogen-bond donors (Lipinski definition) is 1. The first-order valence-corrected chi connectivity index (χ1v) is 9.33. The Morgan fingerprint density at radius 3 is 2.90 bits per heavy atom. The number of halogens is 2. The molecule has 5 heteroatoms. The zero-order chi connectivity index (χ0) is 14.8. The molecule has 1 aromatic heterocycles. The highest BCUT2D eigenvalue weighted by Crippen LogP contribution is 2.44. The molecule has 0 radical (unpaired) electrons. The van der Waals surface area contributed by atoms with Crippen molar-refractivity contribution in [2.75, 3.05) is 6.54 Å². The molecule has 0 bridgehead atoms. The Morgan fingerprint density at radius 1 is 1.43 bits per heavy atom. The van der Waals surface area contributed by atoms with Crippen LogP contribution in [-0.4, -0.2) is 11.5 Å². The molecule has 1 aliphatic carbocycles. The van der Waals surface area contributed by atoms with Crippen molar-refractivity contribution in [3.8, 4) is 10.6 Å². The molecule has 112 valence electrons. The van der Waals surface area contributed by atoms with E-state index in [4.69, 9.17) is 16.6 Å². The smallest absolute Gasteiger partial charge is 0.123 e. The molecular formula is C16H18BrClN2S. The standard InChI is InChI=1S/C16H18BrClN2S/c1-2-7-19-9-14-15(10-3-4-10)20-16(21-14)11-5-6-13(18)12(17)8-11/h5-6,8,10,19H,2-4,7,9H2,1H3. The van der Waals surface area contributed by atoms with Gasteiger partial charge in [-0.2, -0.15) is 0 Å². The molecule has 0 atom stereocenters. The fourth-order valence-corrected chi connectivity index (χ4v) is 3.91. The third-order valence-corrected chi connectivity index (χ3v) is 5.90. The van der Waals surface area contributed by atoms with Crippen LogP contribution in [0.15, 0.2) is 22.7 Å². The molecule has 1 N–H and O–H groups in total. The van der Waals surface area contributed by atoms with Crippen molar-refractivity contribution < 1.29 is 0 Å². The summed E-state index contributed by atoms with van der Waals surface area (Å²) in [5.41, 5.74) is 2.45. The Hall–Kier alpha value is -0.420. The van der Waals surface area contributed by atoms with Gasteiger partial charge in [0.1, 0.15) is 5.01 Å². The highest BCUT2D eigenvalue weighted by atomic mass is 79.9. The third kappa shape index (κ3) is 3.67. The molecule has 1 fully saturated rings. The van der Waals surface area contributed by atoms with E-state index in [9.17, 15) is 0 Å². The monoisotopic (exact) mass is 384 g/mol. The van der Waals surface area contributed by atoms with Crippen molar-refractivity contribution in [1.82, 2.24) is 10.3 Å². The van der Waals surface area contributed by atoms with Gasteiger partial charge in [-0.15, -0.1) is 11.3 Å². The van der Waals surface area contributed by atoms with Gasteiger partial charge < -0.3 is 5.32 Å². The van der Waals surface area contributed by atoms with E-state index in [2.05, 4.69) is 34.2 Å². The molecule has 2 aromatic rings. The summed E-state index contributed by atoms with van der Waals surface area (Å²) in [4.78, 5) is 6.30. The zero-order valence-electron chi connectivity index (χ0n) is 12.0. The lowest BCUT2D eigenvalue weighted by Gasteiger charge is -2.01. The van der Waals surface area contributed by atoms with Gasteiger partial charge in [0.2, 0.25) is 0 Å². The van der Waals surface area contributed by atoms with Gasteiger partial charge in [-0.3, -0.25) is 0 Å². The summed E-state index contributed by atoms with van der Waals surface area (Å²) in [7, 11) is 0. The molecule has 21 heavy (non-hydrogen) atoms. The quantitative estimate of drug-likeness (QED) is 0.654. The van der Waals surface area contributed by atoms with E-state index >= 15 is 0 Å². The molecule has 2 nitrogen and oxygen atoms in total. The molecule has 0 amide bonds. The van der Waals surface area contributed by atoms with E-state index in [0.29, 0.717) is 5.92 Å². The summed E-state index contributed by atoms with van der Waals surface area (Å²) in [5, 5.41) is 5.34. The molecule has 3 rings (SSSR count). The minimum atomic E-state index is 0.684. The summed E-state index contributed by atoms with van der Waals surface area (Å²) < 4.78 is 0.926. The summed E-state index contributed by atoms with van der Waals surface area (Å²) >= 11 is 11.4. The Kier molecular flexibility index (Phi) is 4.99. The van der Waals surface area contributed by atoms with E-state index in [1.807, 2.05) is 23.5 Å². The van der Waals surface area contributed by atoms with Crippen molar-refractivity contribution >= 4 is 38.9 Å². The molecule has 0 aliphatic heterocycles. The molecule has 1 heterocycles. The normalized spacial score (nSPS) is 14.6. The Balaban J connectivity index is 1.88. The summed E-state index contributed by atoms with van der Waals surface area (Å²) in [6.45, 7) is 4.19. The van der Waals surface area contributed by atoms with E-state index in [0.717, 1.165) is 39.6 Å². The highest BCUT2D eigenvalue weighted by molar-refractivity contribution is 9.10. The van der Waals surface area contributed by atoms with Crippen LogP contribution in [0.25, 0.3) is 10.6 Å². The number of nitrogens with one attached hydrogen (secondary N) is 1. The largest absolute Gasteiger partial charge is 0.312 e. The van der Waals surface area contributed by atoms with Gasteiger partial charge in [0.05, 0.1) is 10.7 Å². The van der Waals surface area contributed by atoms with Crippen LogP contribution in [0, 0.1) is 0 Å². The van der Waals surface area contributed by atoms with Gasteiger partial charge in [0.25, 0.3) is 0 Å². The molecular weight excluding hydrogens is 368 g/mol. The topological polar surface area (TPSA) is 24.9 Å². The van der Waals surface area contributed by atoms with Gasteiger partial charge in [-0.25, -0.2) is 4.98 Å². The van der Waals surface area contributed by atoms with Gasteiger partial charge in [0.15, 0.2) is 0 Å². The lowest BCUT2D eigenvalue weighted by molar-refractivity contribution is 0.676. The Labute approximate surface area is 143 Å². The van der Waals surface area contributed by atoms with Crippen LogP contribution < -0.4 is 5.32 Å². The van der Waals surface area contributed by atoms with Crippen molar-refractivity contribution in [2.24, 2.45) is 0 Å². The summed E-state index contributed by atoms with van der Waals surface area (Å²) in [6, 6.07) is 6.03. The first-order valence-electron chi connectivity index (χ1n) is 7.34. The minimum Gasteiger partial charge on any atom is -0.312 e. The Bertz CT molecular complexity index is 637. The van der Waals surface area contributed by atoms with Crippen molar-refractivity contribution in [3.05, 3.63) is 38.3 Å². The maximum atomic E-state index is 6.08. The third-order valence-electron chi connectivity index (χ3n) is 3.57. The number of nitrogens with zero attached hydrogens (tertiary/aromatic N) is 1. The fraction of sp³-hybridized carbons (Fsp3) is 0.438. The molecule has 1 saturated carbocycles. The van der Waals surface area contributed by atoms with Crippen LogP contribution >= 0.6 is 38.9 Å². The molecule has 1 aliphatic rings. The van der Waals surface area contributed by atoms with Crippen LogP contribution in [-0.2, 0) is 6.54 Å². The maximum absolute atomic E-state index is 6.08. The van der Waals surface area contributed by atoms with E-state index in [1.165, 1.54) is 23.4 Å². The lowest BCUT2D eigenvalue weighted by Crippen LogP contribution is -2.13. The van der Waals surface area contributed by atoms with Gasteiger partial charge in [0, 0.05) is 27.4 Å². The molecule has 0 saturated heterocycles. The van der Waals surface area contributed by atoms with Crippen LogP contribution in [0.2, 0.25) is 5.02 Å². The minimum absolute atomic E-state index is 0.684. The molecule has 1 aromatic carbocycles. The number of aromatic nitrogens is 1. The Morgan fingerprint density at radius 2 is 2.24 bits per heavy atom. The predicted octanol–water partition coefficient (Wildman–Crippen LogP) is 5.60. The zero-order valence-corrected chi connectivity index (χ0v) is 15.1. The average molecular weight is 386 g/mol. The first-order chi connectivity index (χ1) is 10.2. The van der Waals surface area contributed by atoms with Gasteiger partial charge >= 0.3 is 0 Å². The van der Waals surface area contributed by atoms with Crippen LogP contribution in [0.4, 0.5) is 0 Å². The maximum Gasteiger partial charge on any atom is 0.123 e. The molecule has 0 unspecified atom stereocenters. The number of hydrogen-bond acceptors (Lipinski definition) is 3. The first kappa shape index (κ1) is 15.5. The van der Waals surface area contributed by atoms with Gasteiger partial charge in [-0.1, -0.05) is 24.6 Å².